The SMILES string of the molecule is CC(Nc1cnn(-c2ccc([N+](=O)[O-])cc2)c(=O)c1Cl)C(=O)N1CCc2ccccc21. The fourth-order valence-electron chi connectivity index (χ4n) is 3.53. The Kier molecular flexibility index (Phi) is 5.43. The van der Waals surface area contributed by atoms with Gasteiger partial charge in [-0.15, -0.1) is 0 Å². The summed E-state index contributed by atoms with van der Waals surface area (Å²) in [7, 11) is 0. The number of anilines is 2. The first-order chi connectivity index (χ1) is 14.9. The van der Waals surface area contributed by atoms with Gasteiger partial charge in [-0.25, -0.2) is 0 Å². The molecule has 1 aromatic heterocycles. The van der Waals surface area contributed by atoms with E-state index in [2.05, 4.69) is 10.4 Å². The van der Waals surface area contributed by atoms with Crippen LogP contribution >= 0.6 is 11.6 Å². The molecular weight excluding hydrogens is 422 g/mol. The lowest BCUT2D eigenvalue weighted by atomic mass is 10.2. The molecule has 0 radical (unpaired) electrons. The molecule has 0 saturated carbocycles. The number of carbonyl (C=O) groups excluding carboxylic acids is 1. The number of fused-ring (bicyclic) bond motifs is 1. The average molecular weight is 440 g/mol. The highest BCUT2D eigenvalue weighted by atomic mass is 35.5. The summed E-state index contributed by atoms with van der Waals surface area (Å²) in [6.45, 7) is 2.29. The van der Waals surface area contributed by atoms with Crippen LogP contribution in [0.5, 0.6) is 0 Å². The van der Waals surface area contributed by atoms with Gasteiger partial charge in [0.2, 0.25) is 5.91 Å². The molecule has 0 aliphatic carbocycles. The van der Waals surface area contributed by atoms with Crippen molar-refractivity contribution in [2.45, 2.75) is 19.4 Å². The zero-order valence-electron chi connectivity index (χ0n) is 16.5. The molecule has 0 spiro atoms. The van der Waals surface area contributed by atoms with Gasteiger partial charge in [-0.3, -0.25) is 19.7 Å². The molecule has 1 N–H and O–H groups in total. The van der Waals surface area contributed by atoms with E-state index < -0.39 is 16.5 Å². The molecule has 2 aromatic carbocycles. The molecule has 1 unspecified atom stereocenters. The zero-order valence-corrected chi connectivity index (χ0v) is 17.2. The fourth-order valence-corrected chi connectivity index (χ4v) is 3.71. The first kappa shape index (κ1) is 20.5. The number of carbonyl (C=O) groups is 1. The molecule has 0 saturated heterocycles. The Bertz CT molecular complexity index is 1230. The number of nitrogens with zero attached hydrogens (tertiary/aromatic N) is 4. The number of nitro groups is 1. The number of para-hydroxylation sites is 1. The van der Waals surface area contributed by atoms with Crippen LogP contribution in [-0.2, 0) is 11.2 Å². The monoisotopic (exact) mass is 439 g/mol. The van der Waals surface area contributed by atoms with Crippen LogP contribution in [0.3, 0.4) is 0 Å². The van der Waals surface area contributed by atoms with Gasteiger partial charge in [-0.05, 0) is 37.1 Å². The summed E-state index contributed by atoms with van der Waals surface area (Å²) in [5, 5.41) is 17.7. The van der Waals surface area contributed by atoms with Gasteiger partial charge in [0.1, 0.15) is 11.1 Å². The van der Waals surface area contributed by atoms with Gasteiger partial charge in [-0.2, -0.15) is 9.78 Å². The first-order valence-electron chi connectivity index (χ1n) is 9.55. The van der Waals surface area contributed by atoms with E-state index in [4.69, 9.17) is 11.6 Å². The maximum atomic E-state index is 12.9. The van der Waals surface area contributed by atoms with Crippen molar-refractivity contribution in [1.82, 2.24) is 9.78 Å². The third-order valence-electron chi connectivity index (χ3n) is 5.12. The summed E-state index contributed by atoms with van der Waals surface area (Å²) in [6, 6.07) is 12.5. The Labute approximate surface area is 182 Å². The predicted molar refractivity (Wildman–Crippen MR) is 117 cm³/mol. The van der Waals surface area contributed by atoms with E-state index in [1.807, 2.05) is 24.3 Å². The average Bonchev–Trinajstić information content (AvgIpc) is 3.20. The number of halogens is 1. The largest absolute Gasteiger partial charge is 0.371 e. The second-order valence-electron chi connectivity index (χ2n) is 7.10. The number of benzene rings is 2. The first-order valence-corrected chi connectivity index (χ1v) is 9.93. The van der Waals surface area contributed by atoms with Gasteiger partial charge in [-0.1, -0.05) is 29.8 Å². The van der Waals surface area contributed by atoms with E-state index >= 15 is 0 Å². The van der Waals surface area contributed by atoms with E-state index in [9.17, 15) is 19.7 Å². The van der Waals surface area contributed by atoms with Crippen LogP contribution in [-0.4, -0.2) is 33.2 Å². The van der Waals surface area contributed by atoms with Gasteiger partial charge >= 0.3 is 0 Å². The molecule has 0 bridgehead atoms. The van der Waals surface area contributed by atoms with Gasteiger partial charge in [0.25, 0.3) is 11.2 Å². The van der Waals surface area contributed by atoms with Crippen molar-refractivity contribution in [3.8, 4) is 5.69 Å². The van der Waals surface area contributed by atoms with Crippen molar-refractivity contribution in [2.24, 2.45) is 0 Å². The maximum Gasteiger partial charge on any atom is 0.292 e. The predicted octanol–water partition coefficient (Wildman–Crippen LogP) is 3.18. The van der Waals surface area contributed by atoms with Crippen molar-refractivity contribution < 1.29 is 9.72 Å². The summed E-state index contributed by atoms with van der Waals surface area (Å²) in [5.74, 6) is -0.138. The lowest BCUT2D eigenvalue weighted by Gasteiger charge is -2.23. The highest BCUT2D eigenvalue weighted by Gasteiger charge is 2.28. The number of nitro benzene ring substituents is 1. The number of hydrogen-bond donors (Lipinski definition) is 1. The topological polar surface area (TPSA) is 110 Å². The summed E-state index contributed by atoms with van der Waals surface area (Å²) >= 11 is 6.25. The second kappa shape index (κ2) is 8.19. The van der Waals surface area contributed by atoms with Crippen LogP contribution in [0, 0.1) is 10.1 Å². The van der Waals surface area contributed by atoms with E-state index in [0.717, 1.165) is 22.4 Å². The molecule has 3 aromatic rings. The highest BCUT2D eigenvalue weighted by molar-refractivity contribution is 6.33. The summed E-state index contributed by atoms with van der Waals surface area (Å²) < 4.78 is 1.04. The normalized spacial score (nSPS) is 13.5. The fraction of sp³-hybridized carbons (Fsp3) is 0.190. The minimum atomic E-state index is -0.639. The summed E-state index contributed by atoms with van der Waals surface area (Å²) in [6.07, 6.45) is 2.15. The van der Waals surface area contributed by atoms with Crippen molar-refractivity contribution in [2.75, 3.05) is 16.8 Å². The molecular formula is C21H18ClN5O4. The molecule has 2 heterocycles. The lowest BCUT2D eigenvalue weighted by Crippen LogP contribution is -2.41. The molecule has 1 aliphatic heterocycles. The Hall–Kier alpha value is -3.72. The van der Waals surface area contributed by atoms with Crippen LogP contribution in [0.4, 0.5) is 17.1 Å². The molecule has 31 heavy (non-hydrogen) atoms. The molecule has 158 valence electrons. The number of hydrogen-bond acceptors (Lipinski definition) is 6. The van der Waals surface area contributed by atoms with Gasteiger partial charge in [0.15, 0.2) is 0 Å². The molecule has 1 atom stereocenters. The number of rotatable bonds is 5. The van der Waals surface area contributed by atoms with Gasteiger partial charge in [0.05, 0.1) is 22.5 Å². The summed E-state index contributed by atoms with van der Waals surface area (Å²) in [5.41, 5.74) is 1.87. The molecule has 10 heteroatoms. The van der Waals surface area contributed by atoms with Gasteiger partial charge < -0.3 is 10.2 Å². The van der Waals surface area contributed by atoms with E-state index in [1.54, 1.807) is 11.8 Å². The quantitative estimate of drug-likeness (QED) is 0.483. The minimum absolute atomic E-state index is 0.1000. The van der Waals surface area contributed by atoms with Crippen LogP contribution in [0.25, 0.3) is 5.69 Å². The van der Waals surface area contributed by atoms with E-state index in [0.29, 0.717) is 12.2 Å². The van der Waals surface area contributed by atoms with Gasteiger partial charge in [0, 0.05) is 24.4 Å². The van der Waals surface area contributed by atoms with Crippen LogP contribution < -0.4 is 15.8 Å². The Morgan fingerprint density at radius 2 is 1.94 bits per heavy atom. The number of nitrogens with one attached hydrogen (secondary N) is 1. The van der Waals surface area contributed by atoms with E-state index in [-0.39, 0.29) is 22.3 Å². The number of amides is 1. The minimum Gasteiger partial charge on any atom is -0.371 e. The molecule has 9 nitrogen and oxygen atoms in total. The smallest absolute Gasteiger partial charge is 0.292 e. The third kappa shape index (κ3) is 3.87. The lowest BCUT2D eigenvalue weighted by molar-refractivity contribution is -0.384. The third-order valence-corrected chi connectivity index (χ3v) is 5.48. The molecule has 1 amide bonds. The highest BCUT2D eigenvalue weighted by Crippen LogP contribution is 2.28. The second-order valence-corrected chi connectivity index (χ2v) is 7.48. The Balaban J connectivity index is 1.54. The number of non-ortho nitro benzene ring substituents is 1. The van der Waals surface area contributed by atoms with Crippen molar-refractivity contribution >= 4 is 34.6 Å². The molecule has 4 rings (SSSR count). The Morgan fingerprint density at radius 3 is 2.65 bits per heavy atom. The van der Waals surface area contributed by atoms with Crippen molar-refractivity contribution in [1.29, 1.82) is 0 Å². The van der Waals surface area contributed by atoms with Crippen LogP contribution in [0.15, 0.2) is 59.5 Å². The van der Waals surface area contributed by atoms with Crippen molar-refractivity contribution in [3.63, 3.8) is 0 Å². The van der Waals surface area contributed by atoms with Crippen LogP contribution in [0.2, 0.25) is 5.02 Å². The molecule has 1 aliphatic rings. The summed E-state index contributed by atoms with van der Waals surface area (Å²) in [4.78, 5) is 37.6. The standard InChI is InChI=1S/C21H18ClN5O4/c1-13(20(28)25-11-10-14-4-2-3-5-18(14)25)24-17-12-23-26(21(29)19(17)22)15-6-8-16(9-7-15)27(30)31/h2-9,12-13,24H,10-11H2,1H3. The van der Waals surface area contributed by atoms with Crippen molar-refractivity contribution in [3.05, 3.63) is 85.8 Å². The molecule has 0 fully saturated rings. The zero-order chi connectivity index (χ0) is 22.1. The van der Waals surface area contributed by atoms with E-state index in [1.165, 1.54) is 30.5 Å². The maximum absolute atomic E-state index is 12.9. The number of aromatic nitrogens is 2. The van der Waals surface area contributed by atoms with Crippen LogP contribution in [0.1, 0.15) is 12.5 Å². The Morgan fingerprint density at radius 1 is 1.23 bits per heavy atom.